The summed E-state index contributed by atoms with van der Waals surface area (Å²) in [6.07, 6.45) is 6.51. The third kappa shape index (κ3) is 2.96. The molecular weight excluding hydrogens is 334 g/mol. The molecule has 0 aliphatic carbocycles. The van der Waals surface area contributed by atoms with Gasteiger partial charge in [0, 0.05) is 30.9 Å². The van der Waals surface area contributed by atoms with Crippen molar-refractivity contribution in [2.45, 2.75) is 44.2 Å². The van der Waals surface area contributed by atoms with Crippen LogP contribution in [0.3, 0.4) is 0 Å². The van der Waals surface area contributed by atoms with Gasteiger partial charge < -0.3 is 4.90 Å². The maximum atomic E-state index is 13.3. The number of aromatic nitrogens is 1. The second-order valence-corrected chi connectivity index (χ2v) is 8.45. The number of carbonyl (C=O) groups is 1. The van der Waals surface area contributed by atoms with Crippen molar-refractivity contribution in [1.29, 1.82) is 0 Å². The monoisotopic (exact) mass is 361 g/mol. The Morgan fingerprint density at radius 1 is 1.04 bits per heavy atom. The molecule has 27 heavy (non-hydrogen) atoms. The molecule has 4 fully saturated rings. The molecule has 0 saturated carbocycles. The van der Waals surface area contributed by atoms with Gasteiger partial charge in [-0.15, -0.1) is 0 Å². The minimum absolute atomic E-state index is 0.277. The van der Waals surface area contributed by atoms with E-state index in [-0.39, 0.29) is 5.91 Å². The number of piperidine rings is 3. The van der Waals surface area contributed by atoms with Crippen LogP contribution in [-0.2, 0) is 11.2 Å². The Kier molecular flexibility index (Phi) is 4.24. The van der Waals surface area contributed by atoms with Gasteiger partial charge in [0.05, 0.1) is 12.5 Å². The molecule has 4 aliphatic heterocycles. The lowest BCUT2D eigenvalue weighted by atomic mass is 9.75. The predicted molar refractivity (Wildman–Crippen MR) is 105 cm³/mol. The minimum atomic E-state index is 0.277. The molecule has 5 heterocycles. The molecule has 0 spiro atoms. The standard InChI is InChI=1S/C23H27N3O/c1-16-2-4-18(5-3-16)20-15-26(21(27)14-17-6-10-24-11-7-17)22-19-8-12-25(13-9-19)23(20)22/h2-7,10-11,19-20,22-23H,8-9,12-15H2,1H3/t20-,22+,23+/m0/s1. The van der Waals surface area contributed by atoms with Crippen LogP contribution in [0.5, 0.6) is 0 Å². The molecular formula is C23H27N3O. The molecule has 2 aromatic rings. The van der Waals surface area contributed by atoms with Crippen LogP contribution in [-0.4, -0.2) is 52.4 Å². The Balaban J connectivity index is 1.45. The van der Waals surface area contributed by atoms with Crippen LogP contribution in [0.25, 0.3) is 0 Å². The van der Waals surface area contributed by atoms with Crippen LogP contribution >= 0.6 is 0 Å². The number of likely N-dealkylation sites (tertiary alicyclic amines) is 1. The summed E-state index contributed by atoms with van der Waals surface area (Å²) in [5.41, 5.74) is 3.75. The third-order valence-corrected chi connectivity index (χ3v) is 6.92. The highest BCUT2D eigenvalue weighted by Gasteiger charge is 2.54. The van der Waals surface area contributed by atoms with Crippen molar-refractivity contribution < 1.29 is 4.79 Å². The number of benzene rings is 1. The maximum absolute atomic E-state index is 13.3. The average Bonchev–Trinajstić information content (AvgIpc) is 3.13. The number of rotatable bonds is 3. The molecule has 1 aromatic carbocycles. The van der Waals surface area contributed by atoms with Crippen molar-refractivity contribution in [2.24, 2.45) is 5.92 Å². The van der Waals surface area contributed by atoms with E-state index < -0.39 is 0 Å². The topological polar surface area (TPSA) is 36.4 Å². The van der Waals surface area contributed by atoms with Crippen molar-refractivity contribution in [3.05, 3.63) is 65.5 Å². The fourth-order valence-electron chi connectivity index (χ4n) is 5.59. The summed E-state index contributed by atoms with van der Waals surface area (Å²) in [6.45, 7) is 5.38. The molecule has 140 valence electrons. The molecule has 6 rings (SSSR count). The van der Waals surface area contributed by atoms with Gasteiger partial charge in [-0.05, 0) is 62.0 Å². The van der Waals surface area contributed by atoms with Gasteiger partial charge in [0.1, 0.15) is 0 Å². The summed E-state index contributed by atoms with van der Waals surface area (Å²) in [5.74, 6) is 1.37. The van der Waals surface area contributed by atoms with Gasteiger partial charge in [0.2, 0.25) is 5.91 Å². The van der Waals surface area contributed by atoms with E-state index >= 15 is 0 Å². The highest BCUT2D eigenvalue weighted by atomic mass is 16.2. The van der Waals surface area contributed by atoms with Crippen LogP contribution in [0.2, 0.25) is 0 Å². The fourth-order valence-corrected chi connectivity index (χ4v) is 5.59. The van der Waals surface area contributed by atoms with Crippen molar-refractivity contribution in [1.82, 2.24) is 14.8 Å². The summed E-state index contributed by atoms with van der Waals surface area (Å²) >= 11 is 0. The van der Waals surface area contributed by atoms with E-state index in [1.165, 1.54) is 37.1 Å². The third-order valence-electron chi connectivity index (χ3n) is 6.92. The lowest BCUT2D eigenvalue weighted by Crippen LogP contribution is -2.60. The first-order valence-electron chi connectivity index (χ1n) is 10.2. The first-order chi connectivity index (χ1) is 13.2. The zero-order chi connectivity index (χ0) is 18.4. The highest BCUT2D eigenvalue weighted by molar-refractivity contribution is 5.80. The fraction of sp³-hybridized carbons (Fsp3) is 0.478. The second kappa shape index (κ2) is 6.75. The van der Waals surface area contributed by atoms with Crippen LogP contribution in [0.1, 0.15) is 35.4 Å². The molecule has 1 aromatic heterocycles. The number of amides is 1. The summed E-state index contributed by atoms with van der Waals surface area (Å²) in [6, 6.07) is 13.8. The lowest BCUT2D eigenvalue weighted by molar-refractivity contribution is -0.135. The first kappa shape index (κ1) is 16.9. The number of carbonyl (C=O) groups excluding carboxylic acids is 1. The van der Waals surface area contributed by atoms with E-state index in [4.69, 9.17) is 0 Å². The number of aryl methyl sites for hydroxylation is 1. The van der Waals surface area contributed by atoms with Gasteiger partial charge >= 0.3 is 0 Å². The molecule has 1 amide bonds. The van der Waals surface area contributed by atoms with Crippen LogP contribution in [0.15, 0.2) is 48.8 Å². The molecule has 4 heteroatoms. The van der Waals surface area contributed by atoms with Crippen molar-refractivity contribution in [3.63, 3.8) is 0 Å². The first-order valence-corrected chi connectivity index (χ1v) is 10.2. The maximum Gasteiger partial charge on any atom is 0.227 e. The molecule has 0 unspecified atom stereocenters. The zero-order valence-electron chi connectivity index (χ0n) is 15.9. The quantitative estimate of drug-likeness (QED) is 0.843. The molecule has 2 bridgehead atoms. The SMILES string of the molecule is Cc1ccc([C@@H]2CN(C(=O)Cc3ccncc3)[C@@H]3C4CCN(CC4)[C@@H]32)cc1. The van der Waals surface area contributed by atoms with Crippen molar-refractivity contribution >= 4 is 5.91 Å². The lowest BCUT2D eigenvalue weighted by Gasteiger charge is -2.51. The number of fused-ring (bicyclic) bond motifs is 2. The number of nitrogens with zero attached hydrogens (tertiary/aromatic N) is 3. The van der Waals surface area contributed by atoms with Crippen LogP contribution in [0, 0.1) is 12.8 Å². The summed E-state index contributed by atoms with van der Waals surface area (Å²) < 4.78 is 0. The molecule has 0 N–H and O–H groups in total. The molecule has 0 radical (unpaired) electrons. The number of hydrogen-bond donors (Lipinski definition) is 0. The van der Waals surface area contributed by atoms with Gasteiger partial charge in [0.25, 0.3) is 0 Å². The molecule has 4 nitrogen and oxygen atoms in total. The highest BCUT2D eigenvalue weighted by Crippen LogP contribution is 2.46. The second-order valence-electron chi connectivity index (χ2n) is 8.45. The van der Waals surface area contributed by atoms with Gasteiger partial charge in [-0.1, -0.05) is 29.8 Å². The normalized spacial score (nSPS) is 31.7. The Labute approximate surface area is 161 Å². The van der Waals surface area contributed by atoms with E-state index in [0.29, 0.717) is 30.3 Å². The number of hydrogen-bond acceptors (Lipinski definition) is 3. The van der Waals surface area contributed by atoms with Crippen molar-refractivity contribution in [2.75, 3.05) is 19.6 Å². The Morgan fingerprint density at radius 2 is 1.74 bits per heavy atom. The van der Waals surface area contributed by atoms with E-state index in [9.17, 15) is 4.79 Å². The van der Waals surface area contributed by atoms with Crippen LogP contribution in [0.4, 0.5) is 0 Å². The molecule has 4 saturated heterocycles. The summed E-state index contributed by atoms with van der Waals surface area (Å²) in [4.78, 5) is 22.2. The zero-order valence-corrected chi connectivity index (χ0v) is 15.9. The van der Waals surface area contributed by atoms with E-state index in [1.54, 1.807) is 12.4 Å². The Morgan fingerprint density at radius 3 is 2.44 bits per heavy atom. The minimum Gasteiger partial charge on any atom is -0.337 e. The molecule has 4 aliphatic rings. The van der Waals surface area contributed by atoms with E-state index in [2.05, 4.69) is 46.0 Å². The smallest absolute Gasteiger partial charge is 0.227 e. The van der Waals surface area contributed by atoms with Crippen LogP contribution < -0.4 is 0 Å². The molecule has 3 atom stereocenters. The van der Waals surface area contributed by atoms with Gasteiger partial charge in [-0.25, -0.2) is 0 Å². The predicted octanol–water partition coefficient (Wildman–Crippen LogP) is 3.02. The van der Waals surface area contributed by atoms with Crippen molar-refractivity contribution in [3.8, 4) is 0 Å². The van der Waals surface area contributed by atoms with E-state index in [1.807, 2.05) is 12.1 Å². The summed E-state index contributed by atoms with van der Waals surface area (Å²) in [5, 5.41) is 0. The largest absolute Gasteiger partial charge is 0.337 e. The van der Waals surface area contributed by atoms with Gasteiger partial charge in [-0.2, -0.15) is 0 Å². The Hall–Kier alpha value is -2.20. The Bertz CT molecular complexity index is 811. The van der Waals surface area contributed by atoms with Gasteiger partial charge in [-0.3, -0.25) is 14.7 Å². The summed E-state index contributed by atoms with van der Waals surface area (Å²) in [7, 11) is 0. The van der Waals surface area contributed by atoms with Gasteiger partial charge in [0.15, 0.2) is 0 Å². The average molecular weight is 361 g/mol. The van der Waals surface area contributed by atoms with E-state index in [0.717, 1.165) is 12.1 Å². The number of pyridine rings is 1.